The Morgan fingerprint density at radius 3 is 2.32 bits per heavy atom. The number of anilines is 1. The van der Waals surface area contributed by atoms with Crippen LogP contribution in [0.4, 0.5) is 5.69 Å². The molecule has 2 N–H and O–H groups in total. The third-order valence-electron chi connectivity index (χ3n) is 3.77. The van der Waals surface area contributed by atoms with Crippen LogP contribution in [0.1, 0.15) is 17.2 Å². The van der Waals surface area contributed by atoms with Crippen molar-refractivity contribution in [1.82, 2.24) is 0 Å². The Balaban J connectivity index is 1.78. The van der Waals surface area contributed by atoms with Gasteiger partial charge >= 0.3 is 0 Å². The second-order valence-electron chi connectivity index (χ2n) is 5.57. The lowest BCUT2D eigenvalue weighted by Crippen LogP contribution is -2.10. The van der Waals surface area contributed by atoms with Crippen molar-refractivity contribution in [2.45, 2.75) is 12.6 Å². The molecule has 0 spiro atoms. The summed E-state index contributed by atoms with van der Waals surface area (Å²) in [7, 11) is 0. The van der Waals surface area contributed by atoms with Gasteiger partial charge in [-0.3, -0.25) is 0 Å². The molecule has 0 radical (unpaired) electrons. The molecule has 0 saturated carbocycles. The number of benzene rings is 3. The van der Waals surface area contributed by atoms with Gasteiger partial charge in [0.15, 0.2) is 0 Å². The van der Waals surface area contributed by atoms with Crippen molar-refractivity contribution >= 4 is 5.69 Å². The second kappa shape index (κ2) is 7.89. The highest BCUT2D eigenvalue weighted by molar-refractivity contribution is 5.51. The maximum atomic E-state index is 9.59. The van der Waals surface area contributed by atoms with E-state index in [1.165, 1.54) is 0 Å². The Kier molecular flexibility index (Phi) is 5.18. The van der Waals surface area contributed by atoms with Crippen LogP contribution in [-0.2, 0) is 6.61 Å². The summed E-state index contributed by atoms with van der Waals surface area (Å²) in [5.41, 5.74) is 2.59. The second-order valence-corrected chi connectivity index (χ2v) is 5.57. The van der Waals surface area contributed by atoms with Crippen molar-refractivity contribution in [1.29, 1.82) is 5.26 Å². The Bertz CT molecular complexity index is 855. The summed E-state index contributed by atoms with van der Waals surface area (Å²) in [6, 6.07) is 25.7. The van der Waals surface area contributed by atoms with E-state index in [1.807, 2.05) is 54.6 Å². The molecule has 4 heteroatoms. The average Bonchev–Trinajstić information content (AvgIpc) is 2.67. The standard InChI is InChI=1S/C21H18N2O2/c22-14-20(23-17-10-12-18(24)13-11-17)19-8-4-5-9-21(19)25-15-16-6-2-1-3-7-16/h1-13,20,23-24H,15H2. The first-order valence-electron chi connectivity index (χ1n) is 7.97. The van der Waals surface area contributed by atoms with Crippen molar-refractivity contribution in [3.8, 4) is 17.6 Å². The highest BCUT2D eigenvalue weighted by atomic mass is 16.5. The number of nitrogens with one attached hydrogen (secondary N) is 1. The number of para-hydroxylation sites is 1. The van der Waals surface area contributed by atoms with Gasteiger partial charge in [0.1, 0.15) is 24.1 Å². The summed E-state index contributed by atoms with van der Waals surface area (Å²) in [6.07, 6.45) is 0. The highest BCUT2D eigenvalue weighted by Gasteiger charge is 2.15. The van der Waals surface area contributed by atoms with Crippen LogP contribution in [0.5, 0.6) is 11.5 Å². The SMILES string of the molecule is N#CC(Nc1ccc(O)cc1)c1ccccc1OCc1ccccc1. The van der Waals surface area contributed by atoms with E-state index >= 15 is 0 Å². The largest absolute Gasteiger partial charge is 0.508 e. The van der Waals surface area contributed by atoms with Gasteiger partial charge in [-0.1, -0.05) is 48.5 Å². The molecular formula is C21H18N2O2. The minimum atomic E-state index is -0.559. The van der Waals surface area contributed by atoms with Gasteiger partial charge in [-0.05, 0) is 35.9 Å². The topological polar surface area (TPSA) is 65.3 Å². The minimum absolute atomic E-state index is 0.186. The van der Waals surface area contributed by atoms with E-state index in [9.17, 15) is 10.4 Å². The van der Waals surface area contributed by atoms with Gasteiger partial charge in [-0.15, -0.1) is 0 Å². The number of nitriles is 1. The van der Waals surface area contributed by atoms with E-state index in [0.29, 0.717) is 12.4 Å². The molecule has 0 aromatic heterocycles. The number of hydrogen-bond acceptors (Lipinski definition) is 4. The Morgan fingerprint density at radius 1 is 0.920 bits per heavy atom. The molecule has 0 heterocycles. The number of phenolic OH excluding ortho intramolecular Hbond substituents is 1. The molecule has 0 aliphatic rings. The van der Waals surface area contributed by atoms with Crippen LogP contribution in [0, 0.1) is 11.3 Å². The zero-order valence-electron chi connectivity index (χ0n) is 13.6. The Labute approximate surface area is 146 Å². The zero-order valence-corrected chi connectivity index (χ0v) is 13.6. The lowest BCUT2D eigenvalue weighted by Gasteiger charge is -2.17. The molecule has 3 rings (SSSR count). The molecule has 1 atom stereocenters. The van der Waals surface area contributed by atoms with E-state index in [-0.39, 0.29) is 5.75 Å². The van der Waals surface area contributed by atoms with Crippen LogP contribution in [-0.4, -0.2) is 5.11 Å². The number of ether oxygens (including phenoxy) is 1. The molecule has 0 bridgehead atoms. The molecule has 4 nitrogen and oxygen atoms in total. The fraction of sp³-hybridized carbons (Fsp3) is 0.0952. The first kappa shape index (κ1) is 16.4. The number of rotatable bonds is 6. The number of hydrogen-bond donors (Lipinski definition) is 2. The molecule has 0 aliphatic carbocycles. The lowest BCUT2D eigenvalue weighted by atomic mass is 10.1. The quantitative estimate of drug-likeness (QED) is 0.646. The maximum Gasteiger partial charge on any atom is 0.143 e. The molecule has 3 aromatic rings. The number of nitrogens with zero attached hydrogens (tertiary/aromatic N) is 1. The van der Waals surface area contributed by atoms with Gasteiger partial charge in [0.25, 0.3) is 0 Å². The summed E-state index contributed by atoms with van der Waals surface area (Å²) < 4.78 is 5.93. The maximum absolute atomic E-state index is 9.59. The first-order chi connectivity index (χ1) is 12.3. The highest BCUT2D eigenvalue weighted by Crippen LogP contribution is 2.28. The molecular weight excluding hydrogens is 312 g/mol. The third kappa shape index (κ3) is 4.30. The van der Waals surface area contributed by atoms with Gasteiger partial charge < -0.3 is 15.2 Å². The van der Waals surface area contributed by atoms with Crippen molar-refractivity contribution in [3.63, 3.8) is 0 Å². The van der Waals surface area contributed by atoms with Crippen LogP contribution in [0.3, 0.4) is 0 Å². The summed E-state index contributed by atoms with van der Waals surface area (Å²) in [5.74, 6) is 0.856. The predicted molar refractivity (Wildman–Crippen MR) is 97.3 cm³/mol. The van der Waals surface area contributed by atoms with E-state index < -0.39 is 6.04 Å². The molecule has 0 amide bonds. The normalized spacial score (nSPS) is 11.3. The van der Waals surface area contributed by atoms with Crippen LogP contribution >= 0.6 is 0 Å². The van der Waals surface area contributed by atoms with Crippen molar-refractivity contribution in [2.24, 2.45) is 0 Å². The predicted octanol–water partition coefficient (Wildman–Crippen LogP) is 4.65. The van der Waals surface area contributed by atoms with Crippen molar-refractivity contribution in [2.75, 3.05) is 5.32 Å². The van der Waals surface area contributed by atoms with Crippen LogP contribution in [0.2, 0.25) is 0 Å². The lowest BCUT2D eigenvalue weighted by molar-refractivity contribution is 0.302. The van der Waals surface area contributed by atoms with E-state index in [4.69, 9.17) is 4.74 Å². The third-order valence-corrected chi connectivity index (χ3v) is 3.77. The monoisotopic (exact) mass is 330 g/mol. The van der Waals surface area contributed by atoms with E-state index in [0.717, 1.165) is 16.8 Å². The van der Waals surface area contributed by atoms with Gasteiger partial charge in [0.2, 0.25) is 0 Å². The number of aromatic hydroxyl groups is 1. The minimum Gasteiger partial charge on any atom is -0.508 e. The van der Waals surface area contributed by atoms with Crippen molar-refractivity contribution in [3.05, 3.63) is 90.0 Å². The van der Waals surface area contributed by atoms with Gasteiger partial charge in [0, 0.05) is 11.3 Å². The van der Waals surface area contributed by atoms with Crippen LogP contribution in [0.15, 0.2) is 78.9 Å². The Hall–Kier alpha value is -3.45. The number of phenols is 1. The summed E-state index contributed by atoms with van der Waals surface area (Å²) in [5, 5.41) is 22.1. The molecule has 0 fully saturated rings. The van der Waals surface area contributed by atoms with E-state index in [2.05, 4.69) is 11.4 Å². The molecule has 0 aliphatic heterocycles. The first-order valence-corrected chi connectivity index (χ1v) is 7.97. The zero-order chi connectivity index (χ0) is 17.5. The van der Waals surface area contributed by atoms with Crippen LogP contribution < -0.4 is 10.1 Å². The molecule has 0 saturated heterocycles. The smallest absolute Gasteiger partial charge is 0.143 e. The van der Waals surface area contributed by atoms with Gasteiger partial charge in [-0.25, -0.2) is 0 Å². The fourth-order valence-corrected chi connectivity index (χ4v) is 2.49. The summed E-state index contributed by atoms with van der Waals surface area (Å²) >= 11 is 0. The summed E-state index contributed by atoms with van der Waals surface area (Å²) in [6.45, 7) is 0.440. The molecule has 3 aromatic carbocycles. The van der Waals surface area contributed by atoms with E-state index in [1.54, 1.807) is 24.3 Å². The van der Waals surface area contributed by atoms with Crippen molar-refractivity contribution < 1.29 is 9.84 Å². The Morgan fingerprint density at radius 2 is 1.60 bits per heavy atom. The average molecular weight is 330 g/mol. The summed E-state index contributed by atoms with van der Waals surface area (Å²) in [4.78, 5) is 0. The molecule has 124 valence electrons. The fourth-order valence-electron chi connectivity index (χ4n) is 2.49. The molecule has 25 heavy (non-hydrogen) atoms. The van der Waals surface area contributed by atoms with Gasteiger partial charge in [-0.2, -0.15) is 5.26 Å². The van der Waals surface area contributed by atoms with Crippen LogP contribution in [0.25, 0.3) is 0 Å². The van der Waals surface area contributed by atoms with Gasteiger partial charge in [0.05, 0.1) is 6.07 Å². The molecule has 1 unspecified atom stereocenters.